The molecule has 0 aliphatic carbocycles. The Morgan fingerprint density at radius 1 is 1.00 bits per heavy atom. The van der Waals surface area contributed by atoms with E-state index in [1.54, 1.807) is 29.2 Å². The summed E-state index contributed by atoms with van der Waals surface area (Å²) in [4.78, 5) is 37.7. The van der Waals surface area contributed by atoms with Crippen molar-refractivity contribution in [2.24, 2.45) is 0 Å². The van der Waals surface area contributed by atoms with Crippen molar-refractivity contribution in [3.63, 3.8) is 0 Å². The van der Waals surface area contributed by atoms with Crippen LogP contribution < -0.4 is 10.1 Å². The largest absolute Gasteiger partial charge is 0.482 e. The van der Waals surface area contributed by atoms with Crippen molar-refractivity contribution in [1.29, 1.82) is 0 Å². The van der Waals surface area contributed by atoms with Gasteiger partial charge in [0.1, 0.15) is 11.6 Å². The van der Waals surface area contributed by atoms with E-state index in [2.05, 4.69) is 5.32 Å². The van der Waals surface area contributed by atoms with Crippen LogP contribution in [-0.4, -0.2) is 49.0 Å². The first kappa shape index (κ1) is 21.9. The average molecular weight is 402 g/mol. The molecule has 2 amide bonds. The molecule has 0 atom stereocenters. The summed E-state index contributed by atoms with van der Waals surface area (Å²) < 4.78 is 23.0. The summed E-state index contributed by atoms with van der Waals surface area (Å²) in [6, 6.07) is 11.8. The molecule has 29 heavy (non-hydrogen) atoms. The van der Waals surface area contributed by atoms with Crippen LogP contribution in [0, 0.1) is 5.82 Å². The smallest absolute Gasteiger partial charge is 0.344 e. The number of anilines is 1. The first-order chi connectivity index (χ1) is 13.9. The van der Waals surface area contributed by atoms with Gasteiger partial charge >= 0.3 is 5.97 Å². The third-order valence-electron chi connectivity index (χ3n) is 3.96. The van der Waals surface area contributed by atoms with Crippen molar-refractivity contribution in [3.05, 3.63) is 59.9 Å². The van der Waals surface area contributed by atoms with Crippen molar-refractivity contribution in [3.8, 4) is 5.75 Å². The Labute approximate surface area is 168 Å². The molecular formula is C21H23FN2O5. The highest BCUT2D eigenvalue weighted by Gasteiger charge is 2.14. The van der Waals surface area contributed by atoms with Gasteiger partial charge in [-0.25, -0.2) is 9.18 Å². The molecule has 7 nitrogen and oxygen atoms in total. The molecule has 0 fully saturated rings. The number of nitrogens with one attached hydrogen (secondary N) is 1. The Kier molecular flexibility index (Phi) is 8.14. The summed E-state index contributed by atoms with van der Waals surface area (Å²) in [6.07, 6.45) is 0. The minimum absolute atomic E-state index is 0.132. The van der Waals surface area contributed by atoms with Crippen molar-refractivity contribution >= 4 is 23.5 Å². The number of rotatable bonds is 9. The molecule has 154 valence electrons. The van der Waals surface area contributed by atoms with Crippen LogP contribution in [0.25, 0.3) is 0 Å². The molecule has 0 aliphatic rings. The molecule has 0 aromatic heterocycles. The van der Waals surface area contributed by atoms with Gasteiger partial charge in [0.2, 0.25) is 0 Å². The van der Waals surface area contributed by atoms with Crippen LogP contribution in [0.5, 0.6) is 5.75 Å². The molecule has 0 bridgehead atoms. The summed E-state index contributed by atoms with van der Waals surface area (Å²) >= 11 is 0. The van der Waals surface area contributed by atoms with Crippen molar-refractivity contribution in [2.75, 3.05) is 31.6 Å². The second-order valence-electron chi connectivity index (χ2n) is 6.01. The molecule has 8 heteroatoms. The van der Waals surface area contributed by atoms with Gasteiger partial charge in [-0.15, -0.1) is 0 Å². The van der Waals surface area contributed by atoms with E-state index in [-0.39, 0.29) is 11.7 Å². The number of carbonyl (C=O) groups is 3. The first-order valence-electron chi connectivity index (χ1n) is 9.16. The minimum Gasteiger partial charge on any atom is -0.482 e. The predicted octanol–water partition coefficient (Wildman–Crippen LogP) is 2.87. The predicted molar refractivity (Wildman–Crippen MR) is 105 cm³/mol. The monoisotopic (exact) mass is 402 g/mol. The number of hydrogen-bond acceptors (Lipinski definition) is 5. The van der Waals surface area contributed by atoms with Crippen LogP contribution in [0.1, 0.15) is 24.2 Å². The zero-order chi connectivity index (χ0) is 21.2. The number of ether oxygens (including phenoxy) is 2. The zero-order valence-corrected chi connectivity index (χ0v) is 16.3. The maximum atomic E-state index is 13.0. The Balaban J connectivity index is 1.82. The Morgan fingerprint density at radius 2 is 1.72 bits per heavy atom. The molecule has 2 rings (SSSR count). The molecule has 2 aromatic rings. The third-order valence-corrected chi connectivity index (χ3v) is 3.96. The van der Waals surface area contributed by atoms with E-state index in [4.69, 9.17) is 9.47 Å². The number of halogens is 1. The molecule has 0 unspecified atom stereocenters. The third kappa shape index (κ3) is 6.91. The Bertz CT molecular complexity index is 868. The van der Waals surface area contributed by atoms with E-state index in [0.29, 0.717) is 24.3 Å². The molecular weight excluding hydrogens is 379 g/mol. The van der Waals surface area contributed by atoms with Crippen LogP contribution in [0.15, 0.2) is 48.5 Å². The number of benzene rings is 2. The second-order valence-corrected chi connectivity index (χ2v) is 6.01. The van der Waals surface area contributed by atoms with Crippen LogP contribution in [0.2, 0.25) is 0 Å². The summed E-state index contributed by atoms with van der Waals surface area (Å²) in [7, 11) is 0. The lowest BCUT2D eigenvalue weighted by atomic mass is 10.1. The van der Waals surface area contributed by atoms with E-state index < -0.39 is 30.9 Å². The standard InChI is InChI=1S/C21H23FN2O5/c1-3-24(4-2)21(27)15-7-5-9-17(11-15)23-19(25)13-29-20(26)14-28-18-10-6-8-16(22)12-18/h5-12H,3-4,13-14H2,1-2H3,(H,23,25). The SMILES string of the molecule is CCN(CC)C(=O)c1cccc(NC(=O)COC(=O)COc2cccc(F)c2)c1. The van der Waals surface area contributed by atoms with Gasteiger partial charge in [-0.2, -0.15) is 0 Å². The van der Waals surface area contributed by atoms with Crippen molar-refractivity contribution in [1.82, 2.24) is 4.90 Å². The molecule has 2 aromatic carbocycles. The number of nitrogens with zero attached hydrogens (tertiary/aromatic N) is 1. The lowest BCUT2D eigenvalue weighted by Gasteiger charge is -2.19. The van der Waals surface area contributed by atoms with E-state index in [0.717, 1.165) is 6.07 Å². The van der Waals surface area contributed by atoms with E-state index in [1.165, 1.54) is 18.2 Å². The summed E-state index contributed by atoms with van der Waals surface area (Å²) in [5.41, 5.74) is 0.868. The highest BCUT2D eigenvalue weighted by Crippen LogP contribution is 2.13. The fourth-order valence-electron chi connectivity index (χ4n) is 2.51. The van der Waals surface area contributed by atoms with Gasteiger partial charge in [0.05, 0.1) is 0 Å². The van der Waals surface area contributed by atoms with Crippen molar-refractivity contribution in [2.45, 2.75) is 13.8 Å². The molecule has 1 N–H and O–H groups in total. The minimum atomic E-state index is -0.769. The number of hydrogen-bond donors (Lipinski definition) is 1. The molecule has 0 saturated carbocycles. The summed E-state index contributed by atoms with van der Waals surface area (Å²) in [5.74, 6) is -1.77. The molecule has 0 radical (unpaired) electrons. The van der Waals surface area contributed by atoms with E-state index >= 15 is 0 Å². The second kappa shape index (κ2) is 10.8. The number of carbonyl (C=O) groups excluding carboxylic acids is 3. The highest BCUT2D eigenvalue weighted by molar-refractivity contribution is 5.97. The topological polar surface area (TPSA) is 84.9 Å². The van der Waals surface area contributed by atoms with Crippen LogP contribution in [0.4, 0.5) is 10.1 Å². The number of esters is 1. The molecule has 0 saturated heterocycles. The quantitative estimate of drug-likeness (QED) is 0.652. The average Bonchev–Trinajstić information content (AvgIpc) is 2.72. The van der Waals surface area contributed by atoms with Crippen LogP contribution in [0.3, 0.4) is 0 Å². The maximum Gasteiger partial charge on any atom is 0.344 e. The molecule has 0 heterocycles. The van der Waals surface area contributed by atoms with Crippen molar-refractivity contribution < 1.29 is 28.2 Å². The first-order valence-corrected chi connectivity index (χ1v) is 9.16. The summed E-state index contributed by atoms with van der Waals surface area (Å²) in [6.45, 7) is 3.97. The highest BCUT2D eigenvalue weighted by atomic mass is 19.1. The maximum absolute atomic E-state index is 13.0. The zero-order valence-electron chi connectivity index (χ0n) is 16.3. The Hall–Kier alpha value is -3.42. The van der Waals surface area contributed by atoms with Gasteiger partial charge in [-0.1, -0.05) is 12.1 Å². The fraction of sp³-hybridized carbons (Fsp3) is 0.286. The van der Waals surface area contributed by atoms with Crippen LogP contribution >= 0.6 is 0 Å². The molecule has 0 spiro atoms. The van der Waals surface area contributed by atoms with Gasteiger partial charge in [0.15, 0.2) is 13.2 Å². The van der Waals surface area contributed by atoms with E-state index in [9.17, 15) is 18.8 Å². The van der Waals surface area contributed by atoms with Gasteiger partial charge in [0, 0.05) is 30.4 Å². The summed E-state index contributed by atoms with van der Waals surface area (Å²) in [5, 5.41) is 2.57. The van der Waals surface area contributed by atoms with Crippen LogP contribution in [-0.2, 0) is 14.3 Å². The normalized spacial score (nSPS) is 10.2. The van der Waals surface area contributed by atoms with Gasteiger partial charge in [-0.3, -0.25) is 9.59 Å². The lowest BCUT2D eigenvalue weighted by molar-refractivity contribution is -0.149. The molecule has 0 aliphatic heterocycles. The number of amides is 2. The Morgan fingerprint density at radius 3 is 2.41 bits per heavy atom. The van der Waals surface area contributed by atoms with E-state index in [1.807, 2.05) is 13.8 Å². The fourth-order valence-corrected chi connectivity index (χ4v) is 2.51. The van der Waals surface area contributed by atoms with Gasteiger partial charge in [-0.05, 0) is 44.2 Å². The van der Waals surface area contributed by atoms with Gasteiger partial charge in [0.25, 0.3) is 11.8 Å². The lowest BCUT2D eigenvalue weighted by Crippen LogP contribution is -2.30. The van der Waals surface area contributed by atoms with Gasteiger partial charge < -0.3 is 19.7 Å².